The average Bonchev–Trinajstić information content (AvgIpc) is 2.82. The van der Waals surface area contributed by atoms with Gasteiger partial charge in [-0.15, -0.1) is 0 Å². The number of carbonyl (C=O) groups excluding carboxylic acids is 1. The Kier molecular flexibility index (Phi) is 3.19. The molecule has 4 heteroatoms. The summed E-state index contributed by atoms with van der Waals surface area (Å²) in [7, 11) is 0. The van der Waals surface area contributed by atoms with Crippen molar-refractivity contribution in [2.75, 3.05) is 13.1 Å². The first-order chi connectivity index (χ1) is 9.15. The van der Waals surface area contributed by atoms with Gasteiger partial charge in [-0.1, -0.05) is 6.07 Å². The standard InChI is InChI=1S/C15H20N2O2/c1-9(2)19-11-5-3-4-10(6-11)15(18)17-14-12-7-16-8-13(12)14/h3-6,9,12-14,16H,7-8H2,1-2H3,(H,17,18). The number of carbonyl (C=O) groups is 1. The van der Waals surface area contributed by atoms with Gasteiger partial charge in [0, 0.05) is 24.7 Å². The number of benzene rings is 1. The van der Waals surface area contributed by atoms with Gasteiger partial charge in [0.05, 0.1) is 6.10 Å². The fourth-order valence-corrected chi connectivity index (χ4v) is 2.85. The van der Waals surface area contributed by atoms with Crippen LogP contribution in [0.15, 0.2) is 24.3 Å². The second-order valence-electron chi connectivity index (χ2n) is 5.68. The molecule has 2 aliphatic rings. The minimum Gasteiger partial charge on any atom is -0.491 e. The van der Waals surface area contributed by atoms with Crippen LogP contribution in [0.25, 0.3) is 0 Å². The van der Waals surface area contributed by atoms with Crippen LogP contribution in [-0.2, 0) is 0 Å². The van der Waals surface area contributed by atoms with E-state index in [2.05, 4.69) is 10.6 Å². The molecular formula is C15H20N2O2. The third kappa shape index (κ3) is 2.59. The Bertz CT molecular complexity index is 477. The molecule has 1 aromatic rings. The molecule has 2 N–H and O–H groups in total. The zero-order chi connectivity index (χ0) is 13.4. The van der Waals surface area contributed by atoms with Gasteiger partial charge in [-0.25, -0.2) is 0 Å². The summed E-state index contributed by atoms with van der Waals surface area (Å²) >= 11 is 0. The SMILES string of the molecule is CC(C)Oc1cccc(C(=O)NC2C3CNCC32)c1. The van der Waals surface area contributed by atoms with Crippen molar-refractivity contribution < 1.29 is 9.53 Å². The van der Waals surface area contributed by atoms with E-state index < -0.39 is 0 Å². The first-order valence-electron chi connectivity index (χ1n) is 6.93. The van der Waals surface area contributed by atoms with Crippen LogP contribution in [0.1, 0.15) is 24.2 Å². The van der Waals surface area contributed by atoms with Crippen molar-refractivity contribution in [2.24, 2.45) is 11.8 Å². The maximum absolute atomic E-state index is 12.2. The Morgan fingerprint density at radius 2 is 2.11 bits per heavy atom. The van der Waals surface area contributed by atoms with E-state index in [0.29, 0.717) is 23.4 Å². The summed E-state index contributed by atoms with van der Waals surface area (Å²) in [4.78, 5) is 12.2. The summed E-state index contributed by atoms with van der Waals surface area (Å²) in [6.45, 7) is 6.02. The maximum atomic E-state index is 12.2. The van der Waals surface area contributed by atoms with Crippen molar-refractivity contribution in [3.05, 3.63) is 29.8 Å². The third-order valence-electron chi connectivity index (χ3n) is 3.86. The molecule has 0 aromatic heterocycles. The lowest BCUT2D eigenvalue weighted by atomic mass is 10.2. The molecule has 1 aromatic carbocycles. The molecule has 1 heterocycles. The molecule has 0 bridgehead atoms. The predicted octanol–water partition coefficient (Wildman–Crippen LogP) is 1.42. The molecule has 1 saturated heterocycles. The first-order valence-corrected chi connectivity index (χ1v) is 6.93. The van der Waals surface area contributed by atoms with Gasteiger partial charge in [0.1, 0.15) is 5.75 Å². The van der Waals surface area contributed by atoms with Crippen LogP contribution >= 0.6 is 0 Å². The maximum Gasteiger partial charge on any atom is 0.251 e. The van der Waals surface area contributed by atoms with Crippen LogP contribution in [-0.4, -0.2) is 31.1 Å². The molecular weight excluding hydrogens is 240 g/mol. The van der Waals surface area contributed by atoms with Crippen LogP contribution in [0, 0.1) is 11.8 Å². The van der Waals surface area contributed by atoms with E-state index in [1.807, 2.05) is 38.1 Å². The predicted molar refractivity (Wildman–Crippen MR) is 73.3 cm³/mol. The molecule has 0 spiro atoms. The summed E-state index contributed by atoms with van der Waals surface area (Å²) in [5, 5.41) is 6.44. The third-order valence-corrected chi connectivity index (χ3v) is 3.86. The zero-order valence-electron chi connectivity index (χ0n) is 11.3. The van der Waals surface area contributed by atoms with Crippen LogP contribution in [0.4, 0.5) is 0 Å². The van der Waals surface area contributed by atoms with Gasteiger partial charge < -0.3 is 15.4 Å². The number of hydrogen-bond acceptors (Lipinski definition) is 3. The monoisotopic (exact) mass is 260 g/mol. The number of nitrogens with one attached hydrogen (secondary N) is 2. The van der Waals surface area contributed by atoms with Crippen LogP contribution < -0.4 is 15.4 Å². The number of hydrogen-bond donors (Lipinski definition) is 2. The zero-order valence-corrected chi connectivity index (χ0v) is 11.3. The smallest absolute Gasteiger partial charge is 0.251 e. The van der Waals surface area contributed by atoms with E-state index in [0.717, 1.165) is 18.8 Å². The highest BCUT2D eigenvalue weighted by Crippen LogP contribution is 2.41. The minimum atomic E-state index is 0.00797. The van der Waals surface area contributed by atoms with Crippen molar-refractivity contribution in [3.63, 3.8) is 0 Å². The summed E-state index contributed by atoms with van der Waals surface area (Å²) < 4.78 is 5.61. The van der Waals surface area contributed by atoms with E-state index in [-0.39, 0.29) is 12.0 Å². The van der Waals surface area contributed by atoms with Crippen LogP contribution in [0.5, 0.6) is 5.75 Å². The molecule has 2 fully saturated rings. The molecule has 4 nitrogen and oxygen atoms in total. The van der Waals surface area contributed by atoms with E-state index in [1.54, 1.807) is 0 Å². The number of fused-ring (bicyclic) bond motifs is 1. The summed E-state index contributed by atoms with van der Waals surface area (Å²) in [6.07, 6.45) is 0.118. The lowest BCUT2D eigenvalue weighted by Gasteiger charge is -2.11. The number of ether oxygens (including phenoxy) is 1. The van der Waals surface area contributed by atoms with E-state index in [1.165, 1.54) is 0 Å². The quantitative estimate of drug-likeness (QED) is 0.861. The van der Waals surface area contributed by atoms with E-state index >= 15 is 0 Å². The Labute approximate surface area is 113 Å². The minimum absolute atomic E-state index is 0.00797. The molecule has 1 amide bonds. The summed E-state index contributed by atoms with van der Waals surface area (Å²) in [5.41, 5.74) is 0.677. The molecule has 19 heavy (non-hydrogen) atoms. The second-order valence-corrected chi connectivity index (χ2v) is 5.68. The molecule has 1 saturated carbocycles. The highest BCUT2D eigenvalue weighted by atomic mass is 16.5. The van der Waals surface area contributed by atoms with Gasteiger partial charge in [-0.05, 0) is 43.9 Å². The van der Waals surface area contributed by atoms with Gasteiger partial charge in [-0.3, -0.25) is 4.79 Å². The largest absolute Gasteiger partial charge is 0.491 e. The molecule has 1 aliphatic carbocycles. The number of piperidine rings is 1. The summed E-state index contributed by atoms with van der Waals surface area (Å²) in [6, 6.07) is 7.75. The average molecular weight is 260 g/mol. The Morgan fingerprint density at radius 1 is 1.37 bits per heavy atom. The lowest BCUT2D eigenvalue weighted by Crippen LogP contribution is -2.32. The lowest BCUT2D eigenvalue weighted by molar-refractivity contribution is 0.0946. The van der Waals surface area contributed by atoms with Gasteiger partial charge in [0.2, 0.25) is 0 Å². The second kappa shape index (κ2) is 4.85. The normalized spacial score (nSPS) is 28.1. The Morgan fingerprint density at radius 3 is 2.79 bits per heavy atom. The molecule has 3 rings (SSSR count). The fraction of sp³-hybridized carbons (Fsp3) is 0.533. The molecule has 2 atom stereocenters. The molecule has 102 valence electrons. The fourth-order valence-electron chi connectivity index (χ4n) is 2.85. The molecule has 1 aliphatic heterocycles. The highest BCUT2D eigenvalue weighted by molar-refractivity contribution is 5.95. The topological polar surface area (TPSA) is 50.4 Å². The molecule has 2 unspecified atom stereocenters. The Hall–Kier alpha value is -1.55. The van der Waals surface area contributed by atoms with Crippen LogP contribution in [0.3, 0.4) is 0 Å². The summed E-state index contributed by atoms with van der Waals surface area (Å²) in [5.74, 6) is 2.03. The highest BCUT2D eigenvalue weighted by Gasteiger charge is 2.53. The number of rotatable bonds is 4. The Balaban J connectivity index is 1.63. The van der Waals surface area contributed by atoms with E-state index in [9.17, 15) is 4.79 Å². The van der Waals surface area contributed by atoms with Gasteiger partial charge in [0.15, 0.2) is 0 Å². The number of amides is 1. The van der Waals surface area contributed by atoms with Crippen LogP contribution in [0.2, 0.25) is 0 Å². The molecule has 0 radical (unpaired) electrons. The van der Waals surface area contributed by atoms with Gasteiger partial charge in [0.25, 0.3) is 5.91 Å². The van der Waals surface area contributed by atoms with Crippen molar-refractivity contribution in [1.29, 1.82) is 0 Å². The van der Waals surface area contributed by atoms with Gasteiger partial charge in [-0.2, -0.15) is 0 Å². The van der Waals surface area contributed by atoms with Crippen molar-refractivity contribution in [3.8, 4) is 5.75 Å². The van der Waals surface area contributed by atoms with Crippen molar-refractivity contribution >= 4 is 5.91 Å². The van der Waals surface area contributed by atoms with E-state index in [4.69, 9.17) is 4.74 Å². The van der Waals surface area contributed by atoms with Gasteiger partial charge >= 0.3 is 0 Å². The first kappa shape index (κ1) is 12.5. The van der Waals surface area contributed by atoms with Crippen molar-refractivity contribution in [2.45, 2.75) is 26.0 Å². The van der Waals surface area contributed by atoms with Crippen molar-refractivity contribution in [1.82, 2.24) is 10.6 Å².